The van der Waals surface area contributed by atoms with Crippen LogP contribution in [0.3, 0.4) is 0 Å². The first-order chi connectivity index (χ1) is 6.33. The number of fused-ring (bicyclic) bond motifs is 1. The molecule has 2 saturated heterocycles. The molecule has 2 aliphatic heterocycles. The van der Waals surface area contributed by atoms with Gasteiger partial charge in [-0.25, -0.2) is 0 Å². The fraction of sp³-hybridized carbons (Fsp3) is 0.889. The lowest BCUT2D eigenvalue weighted by Crippen LogP contribution is -2.47. The number of nitrogens with one attached hydrogen (secondary N) is 1. The molecule has 2 fully saturated rings. The summed E-state index contributed by atoms with van der Waals surface area (Å²) in [5.74, 6) is 0.280. The van der Waals surface area contributed by atoms with E-state index in [-0.39, 0.29) is 11.9 Å². The third-order valence-corrected chi connectivity index (χ3v) is 3.01. The van der Waals surface area contributed by atoms with E-state index in [0.29, 0.717) is 18.6 Å². The highest BCUT2D eigenvalue weighted by Crippen LogP contribution is 2.29. The van der Waals surface area contributed by atoms with E-state index < -0.39 is 0 Å². The lowest BCUT2D eigenvalue weighted by atomic mass is 9.83. The fourth-order valence-electron chi connectivity index (χ4n) is 2.26. The largest absolute Gasteiger partial charge is 0.469 e. The van der Waals surface area contributed by atoms with Crippen molar-refractivity contribution in [2.75, 3.05) is 26.9 Å². The molecule has 13 heavy (non-hydrogen) atoms. The molecule has 3 atom stereocenters. The predicted molar refractivity (Wildman–Crippen MR) is 46.2 cm³/mol. The zero-order chi connectivity index (χ0) is 9.26. The molecule has 0 aromatic heterocycles. The summed E-state index contributed by atoms with van der Waals surface area (Å²) in [6.07, 6.45) is 0.872. The molecule has 0 radical (unpaired) electrons. The molecule has 4 heteroatoms. The van der Waals surface area contributed by atoms with Crippen LogP contribution in [-0.2, 0) is 14.3 Å². The monoisotopic (exact) mass is 185 g/mol. The molecule has 0 aliphatic carbocycles. The molecule has 2 heterocycles. The van der Waals surface area contributed by atoms with Crippen LogP contribution in [0.4, 0.5) is 0 Å². The minimum absolute atomic E-state index is 0.0405. The van der Waals surface area contributed by atoms with Gasteiger partial charge >= 0.3 is 5.97 Å². The fourth-order valence-corrected chi connectivity index (χ4v) is 2.26. The van der Waals surface area contributed by atoms with Gasteiger partial charge in [0.2, 0.25) is 0 Å². The van der Waals surface area contributed by atoms with E-state index in [4.69, 9.17) is 9.47 Å². The topological polar surface area (TPSA) is 47.6 Å². The first kappa shape index (κ1) is 8.97. The van der Waals surface area contributed by atoms with Gasteiger partial charge in [-0.3, -0.25) is 4.79 Å². The van der Waals surface area contributed by atoms with E-state index in [9.17, 15) is 4.79 Å². The van der Waals surface area contributed by atoms with Gasteiger partial charge in [0.1, 0.15) is 0 Å². The van der Waals surface area contributed by atoms with Crippen LogP contribution in [0, 0.1) is 11.8 Å². The SMILES string of the molecule is COC(=O)C1CCN[C@@H]2COC[C@@H]12. The Bertz CT molecular complexity index is 207. The van der Waals surface area contributed by atoms with Crippen LogP contribution in [-0.4, -0.2) is 38.9 Å². The van der Waals surface area contributed by atoms with Crippen LogP contribution in [0.5, 0.6) is 0 Å². The van der Waals surface area contributed by atoms with E-state index in [1.807, 2.05) is 0 Å². The number of carbonyl (C=O) groups is 1. The van der Waals surface area contributed by atoms with Gasteiger partial charge in [-0.1, -0.05) is 0 Å². The van der Waals surface area contributed by atoms with E-state index in [1.54, 1.807) is 0 Å². The summed E-state index contributed by atoms with van der Waals surface area (Å²) < 4.78 is 10.1. The molecule has 1 unspecified atom stereocenters. The maximum atomic E-state index is 11.4. The lowest BCUT2D eigenvalue weighted by molar-refractivity contribution is -0.148. The lowest BCUT2D eigenvalue weighted by Gasteiger charge is -2.31. The normalized spacial score (nSPS) is 38.4. The first-order valence-corrected chi connectivity index (χ1v) is 4.72. The highest BCUT2D eigenvalue weighted by Gasteiger charge is 2.41. The van der Waals surface area contributed by atoms with E-state index >= 15 is 0 Å². The third-order valence-electron chi connectivity index (χ3n) is 3.01. The van der Waals surface area contributed by atoms with Crippen LogP contribution in [0.1, 0.15) is 6.42 Å². The molecule has 1 N–H and O–H groups in total. The Morgan fingerprint density at radius 3 is 3.15 bits per heavy atom. The van der Waals surface area contributed by atoms with Gasteiger partial charge in [0.15, 0.2) is 0 Å². The maximum absolute atomic E-state index is 11.4. The number of piperidine rings is 1. The predicted octanol–water partition coefficient (Wildman–Crippen LogP) is -0.216. The zero-order valence-electron chi connectivity index (χ0n) is 7.79. The molecule has 0 aromatic carbocycles. The van der Waals surface area contributed by atoms with Gasteiger partial charge in [-0.05, 0) is 13.0 Å². The summed E-state index contributed by atoms with van der Waals surface area (Å²) in [6.45, 7) is 2.32. The van der Waals surface area contributed by atoms with Crippen LogP contribution in [0.25, 0.3) is 0 Å². The Kier molecular flexibility index (Phi) is 2.51. The van der Waals surface area contributed by atoms with Crippen molar-refractivity contribution in [3.8, 4) is 0 Å². The summed E-state index contributed by atoms with van der Waals surface area (Å²) >= 11 is 0. The Morgan fingerprint density at radius 1 is 1.54 bits per heavy atom. The first-order valence-electron chi connectivity index (χ1n) is 4.72. The second-order valence-corrected chi connectivity index (χ2v) is 3.68. The van der Waals surface area contributed by atoms with Gasteiger partial charge in [0.05, 0.1) is 26.2 Å². The molecule has 0 saturated carbocycles. The molecule has 0 spiro atoms. The summed E-state index contributed by atoms with van der Waals surface area (Å²) in [7, 11) is 1.45. The van der Waals surface area contributed by atoms with E-state index in [0.717, 1.165) is 19.6 Å². The summed E-state index contributed by atoms with van der Waals surface area (Å²) in [5, 5.41) is 3.36. The summed E-state index contributed by atoms with van der Waals surface area (Å²) in [4.78, 5) is 11.4. The summed E-state index contributed by atoms with van der Waals surface area (Å²) in [6, 6.07) is 0.359. The molecular weight excluding hydrogens is 170 g/mol. The number of methoxy groups -OCH3 is 1. The summed E-state index contributed by atoms with van der Waals surface area (Å²) in [5.41, 5.74) is 0. The number of hydrogen-bond acceptors (Lipinski definition) is 4. The average Bonchev–Trinajstić information content (AvgIpc) is 2.63. The molecule has 2 aliphatic rings. The van der Waals surface area contributed by atoms with E-state index in [2.05, 4.69) is 5.32 Å². The second-order valence-electron chi connectivity index (χ2n) is 3.68. The maximum Gasteiger partial charge on any atom is 0.309 e. The Hall–Kier alpha value is -0.610. The average molecular weight is 185 g/mol. The number of ether oxygens (including phenoxy) is 2. The Morgan fingerprint density at radius 2 is 2.38 bits per heavy atom. The highest BCUT2D eigenvalue weighted by atomic mass is 16.5. The van der Waals surface area contributed by atoms with Gasteiger partial charge in [-0.15, -0.1) is 0 Å². The van der Waals surface area contributed by atoms with E-state index in [1.165, 1.54) is 7.11 Å². The van der Waals surface area contributed by atoms with Crippen molar-refractivity contribution in [3.63, 3.8) is 0 Å². The molecule has 0 amide bonds. The zero-order valence-corrected chi connectivity index (χ0v) is 7.79. The van der Waals surface area contributed by atoms with Crippen molar-refractivity contribution in [2.45, 2.75) is 12.5 Å². The highest BCUT2D eigenvalue weighted by molar-refractivity contribution is 5.73. The molecule has 4 nitrogen and oxygen atoms in total. The standard InChI is InChI=1S/C9H15NO3/c1-12-9(11)6-2-3-10-8-5-13-4-7(6)8/h6-8,10H,2-5H2,1H3/t6?,7-,8+/m0/s1. The van der Waals surface area contributed by atoms with Crippen LogP contribution in [0.2, 0.25) is 0 Å². The molecular formula is C9H15NO3. The minimum atomic E-state index is -0.0815. The Labute approximate surface area is 77.6 Å². The van der Waals surface area contributed by atoms with Crippen molar-refractivity contribution in [1.29, 1.82) is 0 Å². The van der Waals surface area contributed by atoms with Gasteiger partial charge < -0.3 is 14.8 Å². The van der Waals surface area contributed by atoms with Crippen molar-refractivity contribution in [3.05, 3.63) is 0 Å². The van der Waals surface area contributed by atoms with Gasteiger partial charge in [0.25, 0.3) is 0 Å². The number of esters is 1. The van der Waals surface area contributed by atoms with Gasteiger partial charge in [0, 0.05) is 12.0 Å². The van der Waals surface area contributed by atoms with Crippen molar-refractivity contribution in [2.24, 2.45) is 11.8 Å². The Balaban J connectivity index is 2.05. The van der Waals surface area contributed by atoms with Crippen molar-refractivity contribution < 1.29 is 14.3 Å². The number of rotatable bonds is 1. The number of hydrogen-bond donors (Lipinski definition) is 1. The molecule has 2 rings (SSSR count). The van der Waals surface area contributed by atoms with Crippen molar-refractivity contribution in [1.82, 2.24) is 5.32 Å². The second kappa shape index (κ2) is 3.64. The molecule has 0 bridgehead atoms. The smallest absolute Gasteiger partial charge is 0.309 e. The molecule has 74 valence electrons. The minimum Gasteiger partial charge on any atom is -0.469 e. The molecule has 0 aromatic rings. The third kappa shape index (κ3) is 1.56. The number of carbonyl (C=O) groups excluding carboxylic acids is 1. The van der Waals surface area contributed by atoms with Crippen LogP contribution < -0.4 is 5.32 Å². The van der Waals surface area contributed by atoms with Crippen molar-refractivity contribution >= 4 is 5.97 Å². The van der Waals surface area contributed by atoms with Crippen LogP contribution in [0.15, 0.2) is 0 Å². The van der Waals surface area contributed by atoms with Gasteiger partial charge in [-0.2, -0.15) is 0 Å². The quantitative estimate of drug-likeness (QED) is 0.574. The van der Waals surface area contributed by atoms with Crippen LogP contribution >= 0.6 is 0 Å².